The van der Waals surface area contributed by atoms with Gasteiger partial charge in [0.25, 0.3) is 0 Å². The van der Waals surface area contributed by atoms with Crippen LogP contribution in [0.4, 0.5) is 0 Å². The molecule has 2 aromatic rings. The molecule has 0 amide bonds. The van der Waals surface area contributed by atoms with E-state index in [4.69, 9.17) is 10.1 Å². The standard InChI is InChI=1S/C16H25N3/c1-10-11(2)19-13(17-14(10)16(6,7)8)9-12(18-19)15(3,4)5/h9H,1-8H3. The number of aromatic nitrogens is 3. The zero-order valence-electron chi connectivity index (χ0n) is 13.4. The quantitative estimate of drug-likeness (QED) is 0.717. The van der Waals surface area contributed by atoms with Gasteiger partial charge in [-0.3, -0.25) is 0 Å². The van der Waals surface area contributed by atoms with Crippen molar-refractivity contribution < 1.29 is 0 Å². The van der Waals surface area contributed by atoms with Gasteiger partial charge in [0.15, 0.2) is 5.65 Å². The highest BCUT2D eigenvalue weighted by atomic mass is 15.3. The molecule has 0 N–H and O–H groups in total. The number of hydrogen-bond acceptors (Lipinski definition) is 2. The fraction of sp³-hybridized carbons (Fsp3) is 0.625. The van der Waals surface area contributed by atoms with Crippen LogP contribution in [0, 0.1) is 13.8 Å². The SMILES string of the molecule is Cc1c(C(C)(C)C)nc2cc(C(C)(C)C)nn2c1C. The van der Waals surface area contributed by atoms with Gasteiger partial charge >= 0.3 is 0 Å². The molecule has 0 aliphatic carbocycles. The van der Waals surface area contributed by atoms with E-state index in [1.54, 1.807) is 0 Å². The van der Waals surface area contributed by atoms with E-state index in [9.17, 15) is 0 Å². The number of hydrogen-bond donors (Lipinski definition) is 0. The lowest BCUT2D eigenvalue weighted by Gasteiger charge is -2.21. The molecule has 3 heteroatoms. The Bertz CT molecular complexity index is 622. The molecule has 2 heterocycles. The summed E-state index contributed by atoms with van der Waals surface area (Å²) in [4.78, 5) is 4.84. The van der Waals surface area contributed by atoms with Crippen LogP contribution in [0.1, 0.15) is 64.2 Å². The first kappa shape index (κ1) is 14.0. The number of fused-ring (bicyclic) bond motifs is 1. The minimum atomic E-state index is 0.0515. The Kier molecular flexibility index (Phi) is 3.00. The third-order valence-electron chi connectivity index (χ3n) is 3.61. The normalized spacial score (nSPS) is 13.3. The summed E-state index contributed by atoms with van der Waals surface area (Å²) in [5.74, 6) is 0. The average Bonchev–Trinajstić information content (AvgIpc) is 2.65. The molecule has 2 rings (SSSR count). The summed E-state index contributed by atoms with van der Waals surface area (Å²) in [5.41, 5.74) is 5.75. The van der Waals surface area contributed by atoms with Gasteiger partial charge in [-0.1, -0.05) is 41.5 Å². The third-order valence-corrected chi connectivity index (χ3v) is 3.61. The van der Waals surface area contributed by atoms with E-state index in [0.717, 1.165) is 17.0 Å². The van der Waals surface area contributed by atoms with Crippen molar-refractivity contribution >= 4 is 5.65 Å². The van der Waals surface area contributed by atoms with Crippen molar-refractivity contribution in [3.05, 3.63) is 28.7 Å². The van der Waals surface area contributed by atoms with Crippen LogP contribution in [0.5, 0.6) is 0 Å². The summed E-state index contributed by atoms with van der Waals surface area (Å²) < 4.78 is 1.98. The zero-order chi connectivity index (χ0) is 14.6. The number of aryl methyl sites for hydroxylation is 1. The number of nitrogens with zero attached hydrogens (tertiary/aromatic N) is 3. The Hall–Kier alpha value is -1.38. The second kappa shape index (κ2) is 4.06. The van der Waals surface area contributed by atoms with E-state index < -0.39 is 0 Å². The zero-order valence-corrected chi connectivity index (χ0v) is 13.4. The number of rotatable bonds is 0. The second-order valence-electron chi connectivity index (χ2n) is 7.47. The van der Waals surface area contributed by atoms with E-state index >= 15 is 0 Å². The van der Waals surface area contributed by atoms with E-state index in [1.807, 2.05) is 4.52 Å². The fourth-order valence-electron chi connectivity index (χ4n) is 2.32. The Labute approximate surface area is 116 Å². The largest absolute Gasteiger partial charge is 0.233 e. The molecule has 3 nitrogen and oxygen atoms in total. The highest BCUT2D eigenvalue weighted by Crippen LogP contribution is 2.28. The van der Waals surface area contributed by atoms with Gasteiger partial charge in [-0.05, 0) is 19.4 Å². The van der Waals surface area contributed by atoms with Crippen LogP contribution in [-0.4, -0.2) is 14.6 Å². The molecule has 0 fully saturated rings. The Morgan fingerprint density at radius 2 is 1.53 bits per heavy atom. The highest BCUT2D eigenvalue weighted by molar-refractivity contribution is 5.46. The molecule has 104 valence electrons. The lowest BCUT2D eigenvalue weighted by atomic mass is 9.88. The van der Waals surface area contributed by atoms with Crippen LogP contribution < -0.4 is 0 Å². The first-order chi connectivity index (χ1) is 8.51. The van der Waals surface area contributed by atoms with Crippen LogP contribution in [0.3, 0.4) is 0 Å². The maximum Gasteiger partial charge on any atom is 0.155 e. The van der Waals surface area contributed by atoms with Crippen LogP contribution >= 0.6 is 0 Å². The molecule has 0 aromatic carbocycles. The van der Waals surface area contributed by atoms with Crippen molar-refractivity contribution in [2.75, 3.05) is 0 Å². The van der Waals surface area contributed by atoms with Gasteiger partial charge in [-0.15, -0.1) is 0 Å². The predicted octanol–water partition coefficient (Wildman–Crippen LogP) is 3.94. The van der Waals surface area contributed by atoms with Crippen molar-refractivity contribution in [3.63, 3.8) is 0 Å². The van der Waals surface area contributed by atoms with Gasteiger partial charge in [0.05, 0.1) is 11.4 Å². The van der Waals surface area contributed by atoms with Crippen molar-refractivity contribution in [3.8, 4) is 0 Å². The molecule has 19 heavy (non-hydrogen) atoms. The minimum Gasteiger partial charge on any atom is -0.233 e. The van der Waals surface area contributed by atoms with Gasteiger partial charge < -0.3 is 0 Å². The molecule has 0 unspecified atom stereocenters. The minimum absolute atomic E-state index is 0.0515. The first-order valence-electron chi connectivity index (χ1n) is 6.90. The summed E-state index contributed by atoms with van der Waals surface area (Å²) in [6.07, 6.45) is 0. The molecule has 0 atom stereocenters. The molecule has 0 saturated carbocycles. The van der Waals surface area contributed by atoms with Crippen LogP contribution in [0.15, 0.2) is 6.07 Å². The van der Waals surface area contributed by atoms with Gasteiger partial charge in [0, 0.05) is 22.6 Å². The lowest BCUT2D eigenvalue weighted by Crippen LogP contribution is -2.18. The van der Waals surface area contributed by atoms with Crippen molar-refractivity contribution in [1.82, 2.24) is 14.6 Å². The Morgan fingerprint density at radius 1 is 0.947 bits per heavy atom. The summed E-state index contributed by atoms with van der Waals surface area (Å²) in [6, 6.07) is 2.11. The highest BCUT2D eigenvalue weighted by Gasteiger charge is 2.24. The summed E-state index contributed by atoms with van der Waals surface area (Å²) >= 11 is 0. The van der Waals surface area contributed by atoms with Crippen molar-refractivity contribution in [2.45, 2.75) is 66.2 Å². The van der Waals surface area contributed by atoms with Crippen molar-refractivity contribution in [2.24, 2.45) is 0 Å². The maximum atomic E-state index is 4.84. The van der Waals surface area contributed by atoms with Crippen molar-refractivity contribution in [1.29, 1.82) is 0 Å². The summed E-state index contributed by atoms with van der Waals surface area (Å²) in [7, 11) is 0. The summed E-state index contributed by atoms with van der Waals surface area (Å²) in [5, 5.41) is 4.72. The van der Waals surface area contributed by atoms with Gasteiger partial charge in [-0.2, -0.15) is 5.10 Å². The van der Waals surface area contributed by atoms with E-state index in [-0.39, 0.29) is 10.8 Å². The van der Waals surface area contributed by atoms with Gasteiger partial charge in [0.2, 0.25) is 0 Å². The molecular weight excluding hydrogens is 234 g/mol. The smallest absolute Gasteiger partial charge is 0.155 e. The molecular formula is C16H25N3. The van der Waals surface area contributed by atoms with Gasteiger partial charge in [-0.25, -0.2) is 9.50 Å². The molecule has 0 aliphatic heterocycles. The third kappa shape index (κ3) is 2.38. The Morgan fingerprint density at radius 3 is 2.00 bits per heavy atom. The molecule has 0 spiro atoms. The first-order valence-corrected chi connectivity index (χ1v) is 6.90. The lowest BCUT2D eigenvalue weighted by molar-refractivity contribution is 0.554. The fourth-order valence-corrected chi connectivity index (χ4v) is 2.32. The van der Waals surface area contributed by atoms with E-state index in [0.29, 0.717) is 0 Å². The maximum absolute atomic E-state index is 4.84. The molecule has 0 aliphatic rings. The van der Waals surface area contributed by atoms with E-state index in [1.165, 1.54) is 11.3 Å². The van der Waals surface area contributed by atoms with Gasteiger partial charge in [0.1, 0.15) is 0 Å². The molecule has 0 bridgehead atoms. The van der Waals surface area contributed by atoms with Crippen LogP contribution in [0.25, 0.3) is 5.65 Å². The molecule has 0 radical (unpaired) electrons. The van der Waals surface area contributed by atoms with E-state index in [2.05, 4.69) is 61.5 Å². The summed E-state index contributed by atoms with van der Waals surface area (Å²) in [6.45, 7) is 17.4. The second-order valence-corrected chi connectivity index (χ2v) is 7.47. The van der Waals surface area contributed by atoms with Crippen LogP contribution in [-0.2, 0) is 10.8 Å². The monoisotopic (exact) mass is 259 g/mol. The molecule has 2 aromatic heterocycles. The predicted molar refractivity (Wildman–Crippen MR) is 79.9 cm³/mol. The average molecular weight is 259 g/mol. The van der Waals surface area contributed by atoms with Crippen LogP contribution in [0.2, 0.25) is 0 Å². The Balaban J connectivity index is 2.77. The molecule has 0 saturated heterocycles. The topological polar surface area (TPSA) is 30.2 Å².